The molecule has 3 heteroatoms. The molecule has 0 bridgehead atoms. The lowest BCUT2D eigenvalue weighted by Gasteiger charge is -2.40. The van der Waals surface area contributed by atoms with Crippen LogP contribution in [0.25, 0.3) is 0 Å². The standard InChI is InChI=1S/C15H27NO2/c1-17-14-6-4-5-13(14)16-12-7-10-18-15(11-12)8-2-3-9-15/h12-14,16H,2-11H2,1H3. The first kappa shape index (κ1) is 12.9. The Bertz CT molecular complexity index is 276. The molecule has 0 radical (unpaired) electrons. The summed E-state index contributed by atoms with van der Waals surface area (Å²) in [5, 5.41) is 3.86. The van der Waals surface area contributed by atoms with Crippen LogP contribution in [0.15, 0.2) is 0 Å². The van der Waals surface area contributed by atoms with Crippen molar-refractivity contribution in [3.05, 3.63) is 0 Å². The molecule has 3 atom stereocenters. The van der Waals surface area contributed by atoms with E-state index < -0.39 is 0 Å². The lowest BCUT2D eigenvalue weighted by molar-refractivity contribution is -0.0863. The summed E-state index contributed by atoms with van der Waals surface area (Å²) in [6.45, 7) is 0.946. The Morgan fingerprint density at radius 2 is 1.94 bits per heavy atom. The summed E-state index contributed by atoms with van der Waals surface area (Å²) in [5.74, 6) is 0. The van der Waals surface area contributed by atoms with Gasteiger partial charge in [0.05, 0.1) is 11.7 Å². The SMILES string of the molecule is COC1CCCC1NC1CCOC2(CCCC2)C1. The molecule has 18 heavy (non-hydrogen) atoms. The third kappa shape index (κ3) is 2.59. The minimum atomic E-state index is 0.233. The molecule has 3 unspecified atom stereocenters. The monoisotopic (exact) mass is 253 g/mol. The van der Waals surface area contributed by atoms with E-state index in [1.165, 1.54) is 57.8 Å². The topological polar surface area (TPSA) is 30.5 Å². The molecule has 104 valence electrons. The minimum Gasteiger partial charge on any atom is -0.380 e. The lowest BCUT2D eigenvalue weighted by atomic mass is 9.88. The molecule has 1 spiro atoms. The second kappa shape index (κ2) is 5.48. The summed E-state index contributed by atoms with van der Waals surface area (Å²) in [5.41, 5.74) is 0.233. The third-order valence-corrected chi connectivity index (χ3v) is 5.21. The predicted molar refractivity (Wildman–Crippen MR) is 71.7 cm³/mol. The number of methoxy groups -OCH3 is 1. The molecule has 1 aliphatic heterocycles. The van der Waals surface area contributed by atoms with Crippen molar-refractivity contribution in [1.82, 2.24) is 5.32 Å². The molecule has 1 saturated heterocycles. The Kier molecular flexibility index (Phi) is 3.92. The number of hydrogen-bond acceptors (Lipinski definition) is 3. The van der Waals surface area contributed by atoms with Crippen LogP contribution in [-0.2, 0) is 9.47 Å². The largest absolute Gasteiger partial charge is 0.380 e. The van der Waals surface area contributed by atoms with E-state index in [9.17, 15) is 0 Å². The maximum atomic E-state index is 6.10. The van der Waals surface area contributed by atoms with Gasteiger partial charge in [0.1, 0.15) is 0 Å². The highest BCUT2D eigenvalue weighted by Crippen LogP contribution is 2.40. The molecule has 0 aromatic heterocycles. The van der Waals surface area contributed by atoms with Crippen LogP contribution in [0, 0.1) is 0 Å². The van der Waals surface area contributed by atoms with E-state index in [-0.39, 0.29) is 5.60 Å². The van der Waals surface area contributed by atoms with Gasteiger partial charge in [0.25, 0.3) is 0 Å². The molecule has 1 heterocycles. The van der Waals surface area contributed by atoms with E-state index >= 15 is 0 Å². The van der Waals surface area contributed by atoms with Gasteiger partial charge in [-0.15, -0.1) is 0 Å². The zero-order valence-electron chi connectivity index (χ0n) is 11.6. The summed E-state index contributed by atoms with van der Waals surface area (Å²) in [4.78, 5) is 0. The number of ether oxygens (including phenoxy) is 2. The Morgan fingerprint density at radius 1 is 1.11 bits per heavy atom. The number of hydrogen-bond donors (Lipinski definition) is 1. The highest BCUT2D eigenvalue weighted by atomic mass is 16.5. The fourth-order valence-electron chi connectivity index (χ4n) is 4.24. The van der Waals surface area contributed by atoms with Crippen molar-refractivity contribution in [2.45, 2.75) is 81.6 Å². The molecule has 3 aliphatic rings. The van der Waals surface area contributed by atoms with Gasteiger partial charge in [0.15, 0.2) is 0 Å². The molecule has 0 aromatic rings. The van der Waals surface area contributed by atoms with Gasteiger partial charge in [0, 0.05) is 25.8 Å². The highest BCUT2D eigenvalue weighted by Gasteiger charge is 2.41. The second-order valence-electron chi connectivity index (χ2n) is 6.41. The third-order valence-electron chi connectivity index (χ3n) is 5.21. The number of rotatable bonds is 3. The van der Waals surface area contributed by atoms with Crippen molar-refractivity contribution in [2.75, 3.05) is 13.7 Å². The first-order valence-corrected chi connectivity index (χ1v) is 7.74. The van der Waals surface area contributed by atoms with E-state index in [2.05, 4.69) is 5.32 Å². The molecule has 3 fully saturated rings. The van der Waals surface area contributed by atoms with Crippen LogP contribution in [0.5, 0.6) is 0 Å². The lowest BCUT2D eigenvalue weighted by Crippen LogP contribution is -2.50. The Labute approximate surface area is 111 Å². The average molecular weight is 253 g/mol. The Balaban J connectivity index is 1.56. The highest BCUT2D eigenvalue weighted by molar-refractivity contribution is 4.96. The van der Waals surface area contributed by atoms with Gasteiger partial charge in [-0.25, -0.2) is 0 Å². The predicted octanol–water partition coefficient (Wildman–Crippen LogP) is 2.64. The van der Waals surface area contributed by atoms with Crippen molar-refractivity contribution in [3.63, 3.8) is 0 Å². The van der Waals surface area contributed by atoms with Gasteiger partial charge >= 0.3 is 0 Å². The van der Waals surface area contributed by atoms with Crippen LogP contribution in [0.3, 0.4) is 0 Å². The molecule has 2 saturated carbocycles. The summed E-state index contributed by atoms with van der Waals surface area (Å²) in [7, 11) is 1.85. The molecule has 1 N–H and O–H groups in total. The zero-order chi connectivity index (χ0) is 12.4. The van der Waals surface area contributed by atoms with Crippen LogP contribution in [0.4, 0.5) is 0 Å². The van der Waals surface area contributed by atoms with Crippen molar-refractivity contribution in [3.8, 4) is 0 Å². The Hall–Kier alpha value is -0.120. The zero-order valence-corrected chi connectivity index (χ0v) is 11.6. The maximum absolute atomic E-state index is 6.10. The fraction of sp³-hybridized carbons (Fsp3) is 1.00. The molecular formula is C15H27NO2. The maximum Gasteiger partial charge on any atom is 0.0724 e. The van der Waals surface area contributed by atoms with Crippen molar-refractivity contribution >= 4 is 0 Å². The van der Waals surface area contributed by atoms with Gasteiger partial charge in [-0.05, 0) is 44.9 Å². The van der Waals surface area contributed by atoms with Crippen LogP contribution in [0.2, 0.25) is 0 Å². The van der Waals surface area contributed by atoms with Gasteiger partial charge in [-0.3, -0.25) is 0 Å². The van der Waals surface area contributed by atoms with E-state index in [4.69, 9.17) is 9.47 Å². The van der Waals surface area contributed by atoms with Gasteiger partial charge in [0.2, 0.25) is 0 Å². The van der Waals surface area contributed by atoms with Crippen LogP contribution >= 0.6 is 0 Å². The van der Waals surface area contributed by atoms with E-state index in [0.29, 0.717) is 18.2 Å². The summed E-state index contributed by atoms with van der Waals surface area (Å²) < 4.78 is 11.7. The molecule has 0 amide bonds. The molecule has 3 nitrogen and oxygen atoms in total. The molecule has 2 aliphatic carbocycles. The quantitative estimate of drug-likeness (QED) is 0.838. The van der Waals surface area contributed by atoms with Crippen LogP contribution < -0.4 is 5.32 Å². The van der Waals surface area contributed by atoms with Crippen molar-refractivity contribution in [2.24, 2.45) is 0 Å². The number of nitrogens with one attached hydrogen (secondary N) is 1. The van der Waals surface area contributed by atoms with E-state index in [0.717, 1.165) is 6.61 Å². The first-order valence-electron chi connectivity index (χ1n) is 7.74. The summed E-state index contributed by atoms with van der Waals surface area (Å²) in [6.07, 6.45) is 11.9. The van der Waals surface area contributed by atoms with Gasteiger partial charge < -0.3 is 14.8 Å². The van der Waals surface area contributed by atoms with Crippen LogP contribution in [-0.4, -0.2) is 37.5 Å². The van der Waals surface area contributed by atoms with Crippen molar-refractivity contribution in [1.29, 1.82) is 0 Å². The molecular weight excluding hydrogens is 226 g/mol. The smallest absolute Gasteiger partial charge is 0.0724 e. The van der Waals surface area contributed by atoms with Gasteiger partial charge in [-0.2, -0.15) is 0 Å². The average Bonchev–Trinajstić information content (AvgIpc) is 2.99. The normalized spacial score (nSPS) is 39.5. The first-order chi connectivity index (χ1) is 8.81. The Morgan fingerprint density at radius 3 is 2.72 bits per heavy atom. The fourth-order valence-corrected chi connectivity index (χ4v) is 4.24. The minimum absolute atomic E-state index is 0.233. The second-order valence-corrected chi connectivity index (χ2v) is 6.41. The summed E-state index contributed by atoms with van der Waals surface area (Å²) in [6, 6.07) is 1.23. The molecule has 3 rings (SSSR count). The van der Waals surface area contributed by atoms with Gasteiger partial charge in [-0.1, -0.05) is 12.8 Å². The van der Waals surface area contributed by atoms with Crippen LogP contribution in [0.1, 0.15) is 57.8 Å². The summed E-state index contributed by atoms with van der Waals surface area (Å²) >= 11 is 0. The van der Waals surface area contributed by atoms with Crippen molar-refractivity contribution < 1.29 is 9.47 Å². The van der Waals surface area contributed by atoms with E-state index in [1.807, 2.05) is 7.11 Å². The van der Waals surface area contributed by atoms with E-state index in [1.54, 1.807) is 0 Å². The molecule has 0 aromatic carbocycles.